The standard InChI is InChI=1S/C9H14BrF2NO/c1-6(9(2,11)12)8(14)13-4-3-7(10)5-13/h6-7H,3-5H2,1-2H3. The predicted molar refractivity (Wildman–Crippen MR) is 53.7 cm³/mol. The smallest absolute Gasteiger partial charge is 0.256 e. The van der Waals surface area contributed by atoms with Crippen molar-refractivity contribution in [2.75, 3.05) is 13.1 Å². The van der Waals surface area contributed by atoms with Gasteiger partial charge < -0.3 is 4.90 Å². The molecule has 2 nitrogen and oxygen atoms in total. The number of hydrogen-bond acceptors (Lipinski definition) is 1. The van der Waals surface area contributed by atoms with Gasteiger partial charge >= 0.3 is 0 Å². The van der Waals surface area contributed by atoms with Crippen molar-refractivity contribution in [3.8, 4) is 0 Å². The SMILES string of the molecule is CC(C(=O)N1CCC(Br)C1)C(C)(F)F. The predicted octanol–water partition coefficient (Wildman–Crippen LogP) is 2.27. The van der Waals surface area contributed by atoms with Crippen molar-refractivity contribution in [3.05, 3.63) is 0 Å². The van der Waals surface area contributed by atoms with Crippen molar-refractivity contribution < 1.29 is 13.6 Å². The van der Waals surface area contributed by atoms with Crippen molar-refractivity contribution in [1.82, 2.24) is 4.90 Å². The minimum absolute atomic E-state index is 0.254. The topological polar surface area (TPSA) is 20.3 Å². The van der Waals surface area contributed by atoms with E-state index in [1.165, 1.54) is 11.8 Å². The van der Waals surface area contributed by atoms with Crippen molar-refractivity contribution >= 4 is 21.8 Å². The number of amides is 1. The van der Waals surface area contributed by atoms with Crippen LogP contribution in [0.5, 0.6) is 0 Å². The third-order valence-electron chi connectivity index (χ3n) is 2.57. The number of alkyl halides is 3. The van der Waals surface area contributed by atoms with Crippen molar-refractivity contribution in [3.63, 3.8) is 0 Å². The van der Waals surface area contributed by atoms with Gasteiger partial charge in [-0.25, -0.2) is 8.78 Å². The molecule has 0 saturated carbocycles. The molecule has 0 spiro atoms. The molecule has 14 heavy (non-hydrogen) atoms. The maximum absolute atomic E-state index is 12.9. The molecule has 1 fully saturated rings. The van der Waals surface area contributed by atoms with Gasteiger partial charge in [-0.05, 0) is 13.3 Å². The van der Waals surface area contributed by atoms with Crippen molar-refractivity contribution in [2.24, 2.45) is 5.92 Å². The van der Waals surface area contributed by atoms with E-state index in [1.807, 2.05) is 0 Å². The number of carbonyl (C=O) groups excluding carboxylic acids is 1. The molecule has 0 N–H and O–H groups in total. The number of likely N-dealkylation sites (tertiary alicyclic amines) is 1. The molecule has 1 rings (SSSR count). The van der Waals surface area contributed by atoms with Crippen LogP contribution in [0.3, 0.4) is 0 Å². The van der Waals surface area contributed by atoms with Crippen LogP contribution in [-0.4, -0.2) is 34.6 Å². The van der Waals surface area contributed by atoms with Gasteiger partial charge in [-0.15, -0.1) is 0 Å². The van der Waals surface area contributed by atoms with Gasteiger partial charge in [-0.3, -0.25) is 4.79 Å². The highest BCUT2D eigenvalue weighted by Gasteiger charge is 2.39. The van der Waals surface area contributed by atoms with Crippen molar-refractivity contribution in [2.45, 2.75) is 31.0 Å². The van der Waals surface area contributed by atoms with Crippen LogP contribution >= 0.6 is 15.9 Å². The van der Waals surface area contributed by atoms with E-state index in [9.17, 15) is 13.6 Å². The van der Waals surface area contributed by atoms with E-state index in [0.29, 0.717) is 13.1 Å². The second-order valence-corrected chi connectivity index (χ2v) is 5.14. The maximum atomic E-state index is 12.9. The monoisotopic (exact) mass is 269 g/mol. The summed E-state index contributed by atoms with van der Waals surface area (Å²) in [5.74, 6) is -4.60. The van der Waals surface area contributed by atoms with E-state index in [0.717, 1.165) is 13.3 Å². The molecule has 1 amide bonds. The summed E-state index contributed by atoms with van der Waals surface area (Å²) < 4.78 is 25.7. The first-order valence-corrected chi connectivity index (χ1v) is 5.54. The van der Waals surface area contributed by atoms with Crippen LogP contribution in [0.2, 0.25) is 0 Å². The van der Waals surface area contributed by atoms with Crippen LogP contribution < -0.4 is 0 Å². The van der Waals surface area contributed by atoms with Crippen LogP contribution in [0.15, 0.2) is 0 Å². The summed E-state index contributed by atoms with van der Waals surface area (Å²) >= 11 is 3.37. The Bertz CT molecular complexity index is 229. The Morgan fingerprint density at radius 2 is 2.21 bits per heavy atom. The Morgan fingerprint density at radius 1 is 1.64 bits per heavy atom. The van der Waals surface area contributed by atoms with Gasteiger partial charge in [0.25, 0.3) is 5.92 Å². The summed E-state index contributed by atoms with van der Waals surface area (Å²) in [5, 5.41) is 0. The lowest BCUT2D eigenvalue weighted by molar-refractivity contribution is -0.145. The van der Waals surface area contributed by atoms with E-state index in [1.54, 1.807) is 0 Å². The number of hydrogen-bond donors (Lipinski definition) is 0. The van der Waals surface area contributed by atoms with Gasteiger partial charge in [-0.1, -0.05) is 15.9 Å². The lowest BCUT2D eigenvalue weighted by Crippen LogP contribution is -2.40. The fourth-order valence-electron chi connectivity index (χ4n) is 1.41. The van der Waals surface area contributed by atoms with Gasteiger partial charge in [-0.2, -0.15) is 0 Å². The van der Waals surface area contributed by atoms with Crippen LogP contribution in [0, 0.1) is 5.92 Å². The summed E-state index contributed by atoms with van der Waals surface area (Å²) in [6, 6.07) is 0. The van der Waals surface area contributed by atoms with Crippen LogP contribution in [0.4, 0.5) is 8.78 Å². The van der Waals surface area contributed by atoms with E-state index >= 15 is 0 Å². The molecule has 5 heteroatoms. The fraction of sp³-hybridized carbons (Fsp3) is 0.889. The van der Waals surface area contributed by atoms with E-state index in [-0.39, 0.29) is 4.83 Å². The highest BCUT2D eigenvalue weighted by molar-refractivity contribution is 9.09. The summed E-state index contributed by atoms with van der Waals surface area (Å²) in [7, 11) is 0. The van der Waals surface area contributed by atoms with Crippen LogP contribution in [0.1, 0.15) is 20.3 Å². The zero-order chi connectivity index (χ0) is 10.9. The highest BCUT2D eigenvalue weighted by Crippen LogP contribution is 2.27. The maximum Gasteiger partial charge on any atom is 0.256 e. The lowest BCUT2D eigenvalue weighted by atomic mass is 10.0. The molecular formula is C9H14BrF2NO. The Morgan fingerprint density at radius 3 is 2.57 bits per heavy atom. The van der Waals surface area contributed by atoms with E-state index in [4.69, 9.17) is 0 Å². The Kier molecular flexibility index (Phi) is 3.50. The molecule has 2 unspecified atom stereocenters. The van der Waals surface area contributed by atoms with E-state index < -0.39 is 17.7 Å². The van der Waals surface area contributed by atoms with Gasteiger partial charge in [0.15, 0.2) is 0 Å². The van der Waals surface area contributed by atoms with Crippen LogP contribution in [-0.2, 0) is 4.79 Å². The molecule has 1 heterocycles. The third kappa shape index (κ3) is 2.65. The molecule has 0 radical (unpaired) electrons. The zero-order valence-corrected chi connectivity index (χ0v) is 9.85. The van der Waals surface area contributed by atoms with Crippen LogP contribution in [0.25, 0.3) is 0 Å². The second-order valence-electron chi connectivity index (χ2n) is 3.85. The minimum Gasteiger partial charge on any atom is -0.341 e. The normalized spacial score (nSPS) is 25.2. The number of nitrogens with zero attached hydrogens (tertiary/aromatic N) is 1. The fourth-order valence-corrected chi connectivity index (χ4v) is 1.96. The molecule has 0 aromatic rings. The summed E-state index contributed by atoms with van der Waals surface area (Å²) in [4.78, 5) is 13.3. The van der Waals surface area contributed by atoms with E-state index in [2.05, 4.69) is 15.9 Å². The largest absolute Gasteiger partial charge is 0.341 e. The second kappa shape index (κ2) is 4.13. The first kappa shape index (κ1) is 11.9. The first-order valence-electron chi connectivity index (χ1n) is 4.63. The molecular weight excluding hydrogens is 256 g/mol. The number of rotatable bonds is 2. The molecule has 1 aliphatic rings. The average molecular weight is 270 g/mol. The highest BCUT2D eigenvalue weighted by atomic mass is 79.9. The molecule has 0 aromatic carbocycles. The average Bonchev–Trinajstić information content (AvgIpc) is 2.47. The molecule has 82 valence electrons. The first-order chi connectivity index (χ1) is 6.32. The van der Waals surface area contributed by atoms with Gasteiger partial charge in [0.2, 0.25) is 5.91 Å². The minimum atomic E-state index is -2.93. The Labute approximate surface area is 90.8 Å². The zero-order valence-electron chi connectivity index (χ0n) is 8.27. The van der Waals surface area contributed by atoms with Crippen molar-refractivity contribution in [1.29, 1.82) is 0 Å². The summed E-state index contributed by atoms with van der Waals surface area (Å²) in [5.41, 5.74) is 0. The Hall–Kier alpha value is -0.190. The third-order valence-corrected chi connectivity index (χ3v) is 3.32. The van der Waals surface area contributed by atoms with Gasteiger partial charge in [0, 0.05) is 24.8 Å². The number of carbonyl (C=O) groups is 1. The summed E-state index contributed by atoms with van der Waals surface area (Å²) in [6.07, 6.45) is 0.841. The molecule has 0 aliphatic carbocycles. The lowest BCUT2D eigenvalue weighted by Gasteiger charge is -2.24. The molecule has 1 saturated heterocycles. The summed E-state index contributed by atoms with van der Waals surface area (Å²) in [6.45, 7) is 3.19. The van der Waals surface area contributed by atoms with Gasteiger partial charge in [0.1, 0.15) is 0 Å². The molecule has 0 aromatic heterocycles. The number of halogens is 3. The molecule has 2 atom stereocenters. The molecule has 1 aliphatic heterocycles. The molecule has 0 bridgehead atoms. The van der Waals surface area contributed by atoms with Gasteiger partial charge in [0.05, 0.1) is 5.92 Å². The Balaban J connectivity index is 2.57. The quantitative estimate of drug-likeness (QED) is 0.705.